The SMILES string of the molecule is CCn1cc(O[C@@H]2COC[C@@H]2NC2Cc3ccccc3C2)cn1. The van der Waals surface area contributed by atoms with E-state index >= 15 is 0 Å². The van der Waals surface area contributed by atoms with Gasteiger partial charge in [0.2, 0.25) is 0 Å². The minimum atomic E-state index is 0.0493. The summed E-state index contributed by atoms with van der Waals surface area (Å²) >= 11 is 0. The van der Waals surface area contributed by atoms with Crippen molar-refractivity contribution in [2.24, 2.45) is 0 Å². The summed E-state index contributed by atoms with van der Waals surface area (Å²) in [6.07, 6.45) is 5.96. The Morgan fingerprint density at radius 3 is 2.74 bits per heavy atom. The second-order valence-corrected chi connectivity index (χ2v) is 6.37. The number of fused-ring (bicyclic) bond motifs is 1. The number of aryl methyl sites for hydroxylation is 1. The van der Waals surface area contributed by atoms with E-state index in [1.165, 1.54) is 11.1 Å². The zero-order valence-corrected chi connectivity index (χ0v) is 13.4. The predicted octanol–water partition coefficient (Wildman–Crippen LogP) is 1.81. The topological polar surface area (TPSA) is 48.3 Å². The summed E-state index contributed by atoms with van der Waals surface area (Å²) < 4.78 is 13.6. The Morgan fingerprint density at radius 2 is 2.04 bits per heavy atom. The van der Waals surface area contributed by atoms with Crippen molar-refractivity contribution in [3.05, 3.63) is 47.8 Å². The fourth-order valence-electron chi connectivity index (χ4n) is 3.54. The van der Waals surface area contributed by atoms with Crippen LogP contribution in [0.15, 0.2) is 36.7 Å². The van der Waals surface area contributed by atoms with Crippen molar-refractivity contribution in [3.8, 4) is 5.75 Å². The van der Waals surface area contributed by atoms with Crippen LogP contribution >= 0.6 is 0 Å². The highest BCUT2D eigenvalue weighted by molar-refractivity contribution is 5.33. The van der Waals surface area contributed by atoms with Gasteiger partial charge >= 0.3 is 0 Å². The van der Waals surface area contributed by atoms with Crippen LogP contribution in [-0.2, 0) is 24.1 Å². The molecule has 5 nitrogen and oxygen atoms in total. The molecule has 1 saturated heterocycles. The first-order chi connectivity index (χ1) is 11.3. The molecule has 1 aromatic carbocycles. The van der Waals surface area contributed by atoms with Crippen molar-refractivity contribution in [3.63, 3.8) is 0 Å². The van der Waals surface area contributed by atoms with Gasteiger partial charge in [-0.25, -0.2) is 0 Å². The monoisotopic (exact) mass is 313 g/mol. The Morgan fingerprint density at radius 1 is 1.26 bits per heavy atom. The quantitative estimate of drug-likeness (QED) is 0.914. The molecule has 0 spiro atoms. The van der Waals surface area contributed by atoms with Gasteiger partial charge in [0.25, 0.3) is 0 Å². The third-order valence-electron chi connectivity index (χ3n) is 4.75. The molecule has 1 N–H and O–H groups in total. The zero-order chi connectivity index (χ0) is 15.6. The zero-order valence-electron chi connectivity index (χ0n) is 13.4. The maximum atomic E-state index is 6.09. The van der Waals surface area contributed by atoms with Gasteiger partial charge in [-0.1, -0.05) is 24.3 Å². The number of nitrogens with zero attached hydrogens (tertiary/aromatic N) is 2. The number of benzene rings is 1. The van der Waals surface area contributed by atoms with E-state index in [-0.39, 0.29) is 12.1 Å². The number of hydrogen-bond acceptors (Lipinski definition) is 4. The number of nitrogens with one attached hydrogen (secondary N) is 1. The average Bonchev–Trinajstić information content (AvgIpc) is 3.28. The molecular weight excluding hydrogens is 290 g/mol. The minimum absolute atomic E-state index is 0.0493. The summed E-state index contributed by atoms with van der Waals surface area (Å²) in [6.45, 7) is 4.26. The summed E-state index contributed by atoms with van der Waals surface area (Å²) in [7, 11) is 0. The third-order valence-corrected chi connectivity index (χ3v) is 4.75. The standard InChI is InChI=1S/C18H23N3O2/c1-2-21-10-16(9-19-21)23-18-12-22-11-17(18)20-15-7-13-5-3-4-6-14(13)8-15/h3-6,9-10,15,17-18,20H,2,7-8,11-12H2,1H3/t17-,18+/m0/s1. The van der Waals surface area contributed by atoms with E-state index in [1.54, 1.807) is 6.20 Å². The fourth-order valence-corrected chi connectivity index (χ4v) is 3.54. The van der Waals surface area contributed by atoms with Crippen molar-refractivity contribution < 1.29 is 9.47 Å². The highest BCUT2D eigenvalue weighted by Gasteiger charge is 2.33. The molecule has 5 heteroatoms. The van der Waals surface area contributed by atoms with Crippen LogP contribution in [0.4, 0.5) is 0 Å². The van der Waals surface area contributed by atoms with Crippen LogP contribution in [0.5, 0.6) is 5.75 Å². The normalized spacial score (nSPS) is 24.0. The Labute approximate surface area is 136 Å². The molecule has 1 fully saturated rings. The van der Waals surface area contributed by atoms with Gasteiger partial charge in [0.15, 0.2) is 5.75 Å². The third kappa shape index (κ3) is 3.12. The first-order valence-corrected chi connectivity index (χ1v) is 8.41. The molecule has 1 aliphatic carbocycles. The van der Waals surface area contributed by atoms with Crippen molar-refractivity contribution in [2.75, 3.05) is 13.2 Å². The van der Waals surface area contributed by atoms with Gasteiger partial charge in [0.1, 0.15) is 6.10 Å². The molecule has 0 bridgehead atoms. The lowest BCUT2D eigenvalue weighted by Crippen LogP contribution is -2.47. The van der Waals surface area contributed by atoms with Crippen molar-refractivity contribution in [1.29, 1.82) is 0 Å². The number of aromatic nitrogens is 2. The summed E-state index contributed by atoms with van der Waals surface area (Å²) in [6, 6.07) is 9.42. The van der Waals surface area contributed by atoms with E-state index in [9.17, 15) is 0 Å². The molecule has 0 amide bonds. The summed E-state index contributed by atoms with van der Waals surface area (Å²) in [4.78, 5) is 0. The molecule has 1 aliphatic heterocycles. The Bertz CT molecular complexity index is 645. The molecule has 2 atom stereocenters. The van der Waals surface area contributed by atoms with Crippen LogP contribution in [-0.4, -0.2) is 41.2 Å². The van der Waals surface area contributed by atoms with E-state index in [2.05, 4.69) is 41.6 Å². The van der Waals surface area contributed by atoms with Crippen molar-refractivity contribution in [2.45, 2.75) is 44.5 Å². The Hall–Kier alpha value is -1.85. The first-order valence-electron chi connectivity index (χ1n) is 8.41. The molecule has 4 rings (SSSR count). The maximum absolute atomic E-state index is 6.09. The lowest BCUT2D eigenvalue weighted by Gasteiger charge is -2.23. The van der Waals surface area contributed by atoms with Gasteiger partial charge < -0.3 is 14.8 Å². The molecule has 2 aliphatic rings. The second kappa shape index (κ2) is 6.34. The van der Waals surface area contributed by atoms with Crippen LogP contribution in [0.25, 0.3) is 0 Å². The van der Waals surface area contributed by atoms with Crippen LogP contribution in [0, 0.1) is 0 Å². The summed E-state index contributed by atoms with van der Waals surface area (Å²) in [5.41, 5.74) is 2.93. The van der Waals surface area contributed by atoms with Crippen LogP contribution in [0.2, 0.25) is 0 Å². The van der Waals surface area contributed by atoms with E-state index in [0.717, 1.165) is 25.1 Å². The highest BCUT2D eigenvalue weighted by atomic mass is 16.5. The molecular formula is C18H23N3O2. The lowest BCUT2D eigenvalue weighted by atomic mass is 10.1. The fraction of sp³-hybridized carbons (Fsp3) is 0.500. The van der Waals surface area contributed by atoms with Gasteiger partial charge in [-0.15, -0.1) is 0 Å². The molecule has 0 unspecified atom stereocenters. The Balaban J connectivity index is 1.37. The van der Waals surface area contributed by atoms with Crippen LogP contribution < -0.4 is 10.1 Å². The van der Waals surface area contributed by atoms with Gasteiger partial charge in [-0.2, -0.15) is 5.10 Å². The maximum Gasteiger partial charge on any atom is 0.157 e. The molecule has 1 aromatic heterocycles. The molecule has 23 heavy (non-hydrogen) atoms. The second-order valence-electron chi connectivity index (χ2n) is 6.37. The number of hydrogen-bond donors (Lipinski definition) is 1. The number of ether oxygens (including phenoxy) is 2. The van der Waals surface area contributed by atoms with Gasteiger partial charge in [-0.05, 0) is 30.9 Å². The Kier molecular flexibility index (Phi) is 4.06. The largest absolute Gasteiger partial charge is 0.483 e. The first kappa shape index (κ1) is 14.7. The predicted molar refractivity (Wildman–Crippen MR) is 87.7 cm³/mol. The number of rotatable bonds is 5. The summed E-state index contributed by atoms with van der Waals surface area (Å²) in [5.74, 6) is 0.823. The van der Waals surface area contributed by atoms with Gasteiger partial charge in [0, 0.05) is 12.6 Å². The highest BCUT2D eigenvalue weighted by Crippen LogP contribution is 2.24. The van der Waals surface area contributed by atoms with E-state index in [4.69, 9.17) is 9.47 Å². The van der Waals surface area contributed by atoms with Gasteiger partial charge in [0.05, 0.1) is 31.6 Å². The summed E-state index contributed by atoms with van der Waals surface area (Å²) in [5, 5.41) is 8.00. The van der Waals surface area contributed by atoms with Crippen molar-refractivity contribution >= 4 is 0 Å². The van der Waals surface area contributed by atoms with Crippen LogP contribution in [0.1, 0.15) is 18.1 Å². The molecule has 2 heterocycles. The lowest BCUT2D eigenvalue weighted by molar-refractivity contribution is 0.138. The molecule has 2 aromatic rings. The molecule has 0 radical (unpaired) electrons. The molecule has 0 saturated carbocycles. The minimum Gasteiger partial charge on any atom is -0.483 e. The molecule has 122 valence electrons. The smallest absolute Gasteiger partial charge is 0.157 e. The van der Waals surface area contributed by atoms with E-state index < -0.39 is 0 Å². The van der Waals surface area contributed by atoms with E-state index in [1.807, 2.05) is 10.9 Å². The van der Waals surface area contributed by atoms with E-state index in [0.29, 0.717) is 19.3 Å². The van der Waals surface area contributed by atoms with Crippen LogP contribution in [0.3, 0.4) is 0 Å². The average molecular weight is 313 g/mol. The van der Waals surface area contributed by atoms with Gasteiger partial charge in [-0.3, -0.25) is 4.68 Å². The van der Waals surface area contributed by atoms with Crippen molar-refractivity contribution in [1.82, 2.24) is 15.1 Å².